The van der Waals surface area contributed by atoms with Crippen molar-refractivity contribution in [1.82, 2.24) is 0 Å². The average molecular weight is 242 g/mol. The average Bonchev–Trinajstić information content (AvgIpc) is 2.14. The minimum atomic E-state index is -1.51. The van der Waals surface area contributed by atoms with Crippen LogP contribution in [0.1, 0.15) is 53.4 Å². The van der Waals surface area contributed by atoms with E-state index in [2.05, 4.69) is 52.9 Å². The van der Waals surface area contributed by atoms with E-state index >= 15 is 0 Å². The minimum absolute atomic E-state index is 0.332. The van der Waals surface area contributed by atoms with E-state index in [0.717, 1.165) is 13.0 Å². The molecule has 0 unspecified atom stereocenters. The molecule has 96 valence electrons. The van der Waals surface area contributed by atoms with Crippen LogP contribution in [0.25, 0.3) is 0 Å². The van der Waals surface area contributed by atoms with Gasteiger partial charge in [-0.05, 0) is 31.0 Å². The third-order valence-corrected chi connectivity index (χ3v) is 7.98. The first-order valence-corrected chi connectivity index (χ1v) is 9.51. The Morgan fingerprint density at radius 1 is 1.06 bits per heavy atom. The lowest BCUT2D eigenvalue weighted by atomic mass is 10.2. The van der Waals surface area contributed by atoms with E-state index in [1.165, 1.54) is 19.3 Å². The highest BCUT2D eigenvalue weighted by atomic mass is 28.4. The molecule has 0 aromatic rings. The summed E-state index contributed by atoms with van der Waals surface area (Å²) in [7, 11) is -1.51. The normalized spacial score (nSPS) is 13.6. The largest absolute Gasteiger partial charge is 0.417 e. The monoisotopic (exact) mass is 242 g/mol. The summed E-state index contributed by atoms with van der Waals surface area (Å²) in [6.45, 7) is 14.6. The molecule has 0 saturated heterocycles. The first-order valence-electron chi connectivity index (χ1n) is 6.60. The summed E-state index contributed by atoms with van der Waals surface area (Å²) in [6, 6.07) is 0. The molecule has 0 aliphatic rings. The molecule has 0 fully saturated rings. The molecule has 0 rings (SSSR count). The van der Waals surface area contributed by atoms with Gasteiger partial charge in [-0.15, -0.1) is 0 Å². The lowest BCUT2D eigenvalue weighted by Gasteiger charge is -2.36. The van der Waals surface area contributed by atoms with E-state index in [0.29, 0.717) is 5.04 Å². The summed E-state index contributed by atoms with van der Waals surface area (Å²) in [5.74, 6) is 0. The molecular formula is C14H30OSi. The van der Waals surface area contributed by atoms with Crippen molar-refractivity contribution >= 4 is 8.32 Å². The maximum Gasteiger partial charge on any atom is 0.191 e. The molecule has 0 aliphatic carbocycles. The molecule has 0 spiro atoms. The van der Waals surface area contributed by atoms with E-state index in [-0.39, 0.29) is 0 Å². The van der Waals surface area contributed by atoms with Crippen molar-refractivity contribution in [3.63, 3.8) is 0 Å². The number of allylic oxidation sites excluding steroid dienone is 1. The molecule has 0 radical (unpaired) electrons. The van der Waals surface area contributed by atoms with Crippen molar-refractivity contribution < 1.29 is 4.43 Å². The maximum absolute atomic E-state index is 6.09. The Kier molecular flexibility index (Phi) is 7.25. The van der Waals surface area contributed by atoms with E-state index < -0.39 is 8.32 Å². The number of rotatable bonds is 7. The topological polar surface area (TPSA) is 9.23 Å². The number of hydrogen-bond donors (Lipinski definition) is 0. The second-order valence-electron chi connectivity index (χ2n) is 6.01. The molecular weight excluding hydrogens is 212 g/mol. The summed E-state index contributed by atoms with van der Waals surface area (Å²) in [4.78, 5) is 0. The van der Waals surface area contributed by atoms with E-state index in [9.17, 15) is 0 Å². The Hall–Kier alpha value is -0.0831. The van der Waals surface area contributed by atoms with Crippen LogP contribution in [0.3, 0.4) is 0 Å². The Bertz CT molecular complexity index is 201. The van der Waals surface area contributed by atoms with Gasteiger partial charge in [0.2, 0.25) is 0 Å². The Morgan fingerprint density at radius 2 is 1.62 bits per heavy atom. The van der Waals surface area contributed by atoms with Gasteiger partial charge >= 0.3 is 0 Å². The minimum Gasteiger partial charge on any atom is -0.417 e. The molecule has 0 atom stereocenters. The van der Waals surface area contributed by atoms with Crippen LogP contribution in [-0.2, 0) is 4.43 Å². The fraction of sp³-hybridized carbons (Fsp3) is 0.857. The lowest BCUT2D eigenvalue weighted by molar-refractivity contribution is 0.294. The van der Waals surface area contributed by atoms with Gasteiger partial charge in [0.25, 0.3) is 0 Å². The zero-order valence-corrected chi connectivity index (χ0v) is 13.1. The molecule has 0 aromatic carbocycles. The van der Waals surface area contributed by atoms with Crippen LogP contribution in [0.5, 0.6) is 0 Å². The third-order valence-electron chi connectivity index (χ3n) is 3.44. The van der Waals surface area contributed by atoms with Crippen LogP contribution in [0.2, 0.25) is 18.1 Å². The third kappa shape index (κ3) is 6.49. The van der Waals surface area contributed by atoms with Crippen LogP contribution in [-0.4, -0.2) is 14.9 Å². The molecule has 0 bridgehead atoms. The second kappa shape index (κ2) is 7.28. The van der Waals surface area contributed by atoms with E-state index in [1.54, 1.807) is 0 Å². The highest BCUT2D eigenvalue weighted by Crippen LogP contribution is 2.36. The van der Waals surface area contributed by atoms with Gasteiger partial charge in [0, 0.05) is 6.61 Å². The highest BCUT2D eigenvalue weighted by molar-refractivity contribution is 6.74. The van der Waals surface area contributed by atoms with Gasteiger partial charge in [0.05, 0.1) is 0 Å². The fourth-order valence-corrected chi connectivity index (χ4v) is 2.22. The molecule has 1 nitrogen and oxygen atoms in total. The number of unbranched alkanes of at least 4 members (excludes halogenated alkanes) is 2. The fourth-order valence-electron chi connectivity index (χ4n) is 1.16. The van der Waals surface area contributed by atoms with Crippen LogP contribution < -0.4 is 0 Å². The molecule has 2 heteroatoms. The smallest absolute Gasteiger partial charge is 0.191 e. The summed E-state index contributed by atoms with van der Waals surface area (Å²) >= 11 is 0. The van der Waals surface area contributed by atoms with E-state index in [4.69, 9.17) is 4.43 Å². The first-order chi connectivity index (χ1) is 7.31. The first kappa shape index (κ1) is 15.9. The Balaban J connectivity index is 3.70. The van der Waals surface area contributed by atoms with Crippen LogP contribution in [0, 0.1) is 0 Å². The molecule has 16 heavy (non-hydrogen) atoms. The predicted octanol–water partition coefficient (Wildman–Crippen LogP) is 5.14. The van der Waals surface area contributed by atoms with Gasteiger partial charge in [0.15, 0.2) is 8.32 Å². The second-order valence-corrected chi connectivity index (χ2v) is 10.8. The molecule has 0 heterocycles. The van der Waals surface area contributed by atoms with Gasteiger partial charge in [0.1, 0.15) is 0 Å². The van der Waals surface area contributed by atoms with Gasteiger partial charge in [-0.2, -0.15) is 0 Å². The maximum atomic E-state index is 6.09. The van der Waals surface area contributed by atoms with Gasteiger partial charge in [-0.25, -0.2) is 0 Å². The quantitative estimate of drug-likeness (QED) is 0.341. The highest BCUT2D eigenvalue weighted by Gasteiger charge is 2.36. The summed E-state index contributed by atoms with van der Waals surface area (Å²) in [6.07, 6.45) is 9.43. The predicted molar refractivity (Wildman–Crippen MR) is 76.4 cm³/mol. The Morgan fingerprint density at radius 3 is 2.12 bits per heavy atom. The van der Waals surface area contributed by atoms with Crippen molar-refractivity contribution in [3.05, 3.63) is 12.2 Å². The molecule has 0 N–H and O–H groups in total. The van der Waals surface area contributed by atoms with Crippen molar-refractivity contribution in [2.75, 3.05) is 6.61 Å². The van der Waals surface area contributed by atoms with Gasteiger partial charge in [-0.3, -0.25) is 0 Å². The molecule has 0 saturated carbocycles. The van der Waals surface area contributed by atoms with E-state index in [1.807, 2.05) is 0 Å². The summed E-state index contributed by atoms with van der Waals surface area (Å²) in [5, 5.41) is 0.332. The SMILES string of the molecule is CCCC/C=C\CCO[Si](C)(C)C(C)(C)C. The van der Waals surface area contributed by atoms with Crippen LogP contribution >= 0.6 is 0 Å². The van der Waals surface area contributed by atoms with Crippen molar-refractivity contribution in [2.24, 2.45) is 0 Å². The number of hydrogen-bond acceptors (Lipinski definition) is 1. The molecule has 0 aromatic heterocycles. The van der Waals surface area contributed by atoms with Crippen LogP contribution in [0.15, 0.2) is 12.2 Å². The molecule has 0 amide bonds. The van der Waals surface area contributed by atoms with Crippen LogP contribution in [0.4, 0.5) is 0 Å². The van der Waals surface area contributed by atoms with Crippen molar-refractivity contribution in [2.45, 2.75) is 71.5 Å². The van der Waals surface area contributed by atoms with Gasteiger partial charge in [-0.1, -0.05) is 52.7 Å². The molecule has 0 aliphatic heterocycles. The lowest BCUT2D eigenvalue weighted by Crippen LogP contribution is -2.40. The van der Waals surface area contributed by atoms with Gasteiger partial charge < -0.3 is 4.43 Å². The van der Waals surface area contributed by atoms with Crippen molar-refractivity contribution in [3.8, 4) is 0 Å². The standard InChI is InChI=1S/C14H30OSi/c1-7-8-9-10-11-12-13-15-16(5,6)14(2,3)4/h10-11H,7-9,12-13H2,1-6H3/b11-10-. The van der Waals surface area contributed by atoms with Crippen molar-refractivity contribution in [1.29, 1.82) is 0 Å². The summed E-state index contributed by atoms with van der Waals surface area (Å²) in [5.41, 5.74) is 0. The summed E-state index contributed by atoms with van der Waals surface area (Å²) < 4.78 is 6.09. The zero-order chi connectivity index (χ0) is 12.7. The zero-order valence-electron chi connectivity index (χ0n) is 12.1. The Labute approximate surface area is 103 Å².